The summed E-state index contributed by atoms with van der Waals surface area (Å²) in [4.78, 5) is 0. The molecule has 2 aliphatic rings. The van der Waals surface area contributed by atoms with Crippen LogP contribution in [0.25, 0.3) is 0 Å². The molecule has 2 unspecified atom stereocenters. The first kappa shape index (κ1) is 13.1. The van der Waals surface area contributed by atoms with Crippen molar-refractivity contribution in [2.45, 2.75) is 43.6 Å². The lowest BCUT2D eigenvalue weighted by Crippen LogP contribution is -2.31. The van der Waals surface area contributed by atoms with Crippen LogP contribution in [0.1, 0.15) is 59.4 Å². The standard InChI is InChI=1S/C20H23N/c1-21-20(19-13-16-6-2-3-11-18(16)19)17-10-5-9-15(12-17)14-7-4-8-14/h2-3,5-6,9-12,14,19-21H,4,7-8,13H2,1H3. The molecule has 4 rings (SSSR count). The number of fused-ring (bicyclic) bond motifs is 1. The van der Waals surface area contributed by atoms with E-state index >= 15 is 0 Å². The molecule has 0 heterocycles. The molecule has 2 aromatic carbocycles. The Morgan fingerprint density at radius 3 is 2.62 bits per heavy atom. The SMILES string of the molecule is CNC(c1cccc(C2CCC2)c1)C1Cc2ccccc21. The van der Waals surface area contributed by atoms with Crippen molar-refractivity contribution < 1.29 is 0 Å². The average Bonchev–Trinajstić information content (AvgIpc) is 2.43. The topological polar surface area (TPSA) is 12.0 Å². The summed E-state index contributed by atoms with van der Waals surface area (Å²) in [5, 5.41) is 3.56. The lowest BCUT2D eigenvalue weighted by molar-refractivity contribution is 0.415. The molecule has 0 bridgehead atoms. The number of benzene rings is 2. The summed E-state index contributed by atoms with van der Waals surface area (Å²) in [5.41, 5.74) is 6.07. The van der Waals surface area contributed by atoms with Crippen LogP contribution in [0.3, 0.4) is 0 Å². The maximum atomic E-state index is 3.56. The van der Waals surface area contributed by atoms with E-state index in [1.54, 1.807) is 5.56 Å². The van der Waals surface area contributed by atoms with Crippen molar-refractivity contribution in [3.63, 3.8) is 0 Å². The van der Waals surface area contributed by atoms with Crippen LogP contribution in [-0.4, -0.2) is 7.05 Å². The second-order valence-corrected chi connectivity index (χ2v) is 6.57. The van der Waals surface area contributed by atoms with Crippen LogP contribution < -0.4 is 5.32 Å². The molecule has 0 aliphatic heterocycles. The van der Waals surface area contributed by atoms with Crippen molar-refractivity contribution in [1.82, 2.24) is 5.32 Å². The molecule has 0 radical (unpaired) electrons. The fourth-order valence-corrected chi connectivity index (χ4v) is 3.94. The van der Waals surface area contributed by atoms with E-state index in [0.29, 0.717) is 12.0 Å². The summed E-state index contributed by atoms with van der Waals surface area (Å²) >= 11 is 0. The fourth-order valence-electron chi connectivity index (χ4n) is 3.94. The Morgan fingerprint density at radius 2 is 1.90 bits per heavy atom. The zero-order valence-corrected chi connectivity index (χ0v) is 12.7. The molecule has 0 aromatic heterocycles. The Balaban J connectivity index is 1.62. The lowest BCUT2D eigenvalue weighted by Gasteiger charge is -2.37. The number of rotatable bonds is 4. The van der Waals surface area contributed by atoms with E-state index in [-0.39, 0.29) is 0 Å². The van der Waals surface area contributed by atoms with E-state index in [1.807, 2.05) is 0 Å². The Hall–Kier alpha value is -1.60. The quantitative estimate of drug-likeness (QED) is 0.864. The lowest BCUT2D eigenvalue weighted by atomic mass is 9.71. The molecule has 1 saturated carbocycles. The maximum Gasteiger partial charge on any atom is 0.0390 e. The predicted octanol–water partition coefficient (Wildman–Crippen LogP) is 4.55. The molecule has 2 atom stereocenters. The van der Waals surface area contributed by atoms with Crippen LogP contribution in [0.15, 0.2) is 48.5 Å². The fraction of sp³-hybridized carbons (Fsp3) is 0.400. The van der Waals surface area contributed by atoms with Gasteiger partial charge in [-0.25, -0.2) is 0 Å². The van der Waals surface area contributed by atoms with Gasteiger partial charge in [-0.15, -0.1) is 0 Å². The molecule has 0 amide bonds. The Bertz CT molecular complexity index is 642. The van der Waals surface area contributed by atoms with E-state index in [0.717, 1.165) is 5.92 Å². The zero-order chi connectivity index (χ0) is 14.2. The molecule has 2 aliphatic carbocycles. The van der Waals surface area contributed by atoms with Gasteiger partial charge in [0.25, 0.3) is 0 Å². The third-order valence-electron chi connectivity index (χ3n) is 5.45. The van der Waals surface area contributed by atoms with Crippen LogP contribution in [0.2, 0.25) is 0 Å². The molecule has 0 spiro atoms. The van der Waals surface area contributed by atoms with Crippen molar-refractivity contribution in [1.29, 1.82) is 0 Å². The summed E-state index contributed by atoms with van der Waals surface area (Å²) in [7, 11) is 2.10. The smallest absolute Gasteiger partial charge is 0.0390 e. The molecule has 2 aromatic rings. The van der Waals surface area contributed by atoms with Gasteiger partial charge in [-0.05, 0) is 54.5 Å². The summed E-state index contributed by atoms with van der Waals surface area (Å²) in [6.45, 7) is 0. The van der Waals surface area contributed by atoms with E-state index in [9.17, 15) is 0 Å². The van der Waals surface area contributed by atoms with Crippen molar-refractivity contribution in [3.8, 4) is 0 Å². The number of likely N-dealkylation sites (N-methyl/N-ethyl adjacent to an activating group) is 1. The second kappa shape index (κ2) is 5.31. The molecule has 21 heavy (non-hydrogen) atoms. The van der Waals surface area contributed by atoms with Gasteiger partial charge in [0.2, 0.25) is 0 Å². The molecule has 1 heteroatoms. The first-order valence-electron chi connectivity index (χ1n) is 8.22. The molecule has 108 valence electrons. The third kappa shape index (κ3) is 2.20. The van der Waals surface area contributed by atoms with Gasteiger partial charge in [0.1, 0.15) is 0 Å². The Kier molecular flexibility index (Phi) is 3.31. The van der Waals surface area contributed by atoms with Gasteiger partial charge in [-0.1, -0.05) is 55.0 Å². The van der Waals surface area contributed by atoms with Crippen LogP contribution in [0, 0.1) is 0 Å². The van der Waals surface area contributed by atoms with Crippen molar-refractivity contribution in [2.75, 3.05) is 7.05 Å². The van der Waals surface area contributed by atoms with Crippen LogP contribution >= 0.6 is 0 Å². The molecular formula is C20H23N. The molecule has 0 saturated heterocycles. The highest BCUT2D eigenvalue weighted by Gasteiger charge is 2.33. The van der Waals surface area contributed by atoms with Crippen LogP contribution in [-0.2, 0) is 6.42 Å². The number of hydrogen-bond donors (Lipinski definition) is 1. The molecular weight excluding hydrogens is 254 g/mol. The third-order valence-corrected chi connectivity index (χ3v) is 5.45. The minimum atomic E-state index is 0.444. The van der Waals surface area contributed by atoms with Gasteiger partial charge < -0.3 is 5.32 Å². The second-order valence-electron chi connectivity index (χ2n) is 6.57. The number of hydrogen-bond acceptors (Lipinski definition) is 1. The Labute approximate surface area is 127 Å². The maximum absolute atomic E-state index is 3.56. The summed E-state index contributed by atoms with van der Waals surface area (Å²) in [5.74, 6) is 1.44. The summed E-state index contributed by atoms with van der Waals surface area (Å²) in [6.07, 6.45) is 5.36. The van der Waals surface area contributed by atoms with Gasteiger partial charge >= 0.3 is 0 Å². The van der Waals surface area contributed by atoms with Crippen molar-refractivity contribution in [2.24, 2.45) is 0 Å². The molecule has 1 N–H and O–H groups in total. The summed E-state index contributed by atoms with van der Waals surface area (Å²) < 4.78 is 0. The van der Waals surface area contributed by atoms with Crippen molar-refractivity contribution in [3.05, 3.63) is 70.8 Å². The van der Waals surface area contributed by atoms with Crippen LogP contribution in [0.5, 0.6) is 0 Å². The van der Waals surface area contributed by atoms with Gasteiger partial charge in [-0.2, -0.15) is 0 Å². The minimum absolute atomic E-state index is 0.444. The van der Waals surface area contributed by atoms with Gasteiger partial charge in [0, 0.05) is 12.0 Å². The van der Waals surface area contributed by atoms with Gasteiger partial charge in [0.15, 0.2) is 0 Å². The largest absolute Gasteiger partial charge is 0.312 e. The number of nitrogens with one attached hydrogen (secondary N) is 1. The minimum Gasteiger partial charge on any atom is -0.312 e. The van der Waals surface area contributed by atoms with E-state index in [1.165, 1.54) is 42.4 Å². The first-order chi connectivity index (χ1) is 10.4. The van der Waals surface area contributed by atoms with Crippen molar-refractivity contribution >= 4 is 0 Å². The highest BCUT2D eigenvalue weighted by Crippen LogP contribution is 2.44. The highest BCUT2D eigenvalue weighted by molar-refractivity contribution is 5.43. The monoisotopic (exact) mass is 277 g/mol. The highest BCUT2D eigenvalue weighted by atomic mass is 14.9. The summed E-state index contributed by atoms with van der Waals surface area (Å²) in [6, 6.07) is 18.6. The van der Waals surface area contributed by atoms with E-state index in [2.05, 4.69) is 60.9 Å². The zero-order valence-electron chi connectivity index (χ0n) is 12.7. The van der Waals surface area contributed by atoms with Gasteiger partial charge in [0.05, 0.1) is 0 Å². The van der Waals surface area contributed by atoms with Gasteiger partial charge in [-0.3, -0.25) is 0 Å². The molecule has 1 fully saturated rings. The molecule has 1 nitrogen and oxygen atoms in total. The van der Waals surface area contributed by atoms with Crippen LogP contribution in [0.4, 0.5) is 0 Å². The van der Waals surface area contributed by atoms with E-state index < -0.39 is 0 Å². The first-order valence-corrected chi connectivity index (χ1v) is 8.22. The normalized spacial score (nSPS) is 22.0. The van der Waals surface area contributed by atoms with E-state index in [4.69, 9.17) is 0 Å². The average molecular weight is 277 g/mol. The predicted molar refractivity (Wildman–Crippen MR) is 87.7 cm³/mol. The Morgan fingerprint density at radius 1 is 1.05 bits per heavy atom.